The summed E-state index contributed by atoms with van der Waals surface area (Å²) < 4.78 is 5.43. The van der Waals surface area contributed by atoms with Crippen molar-refractivity contribution in [1.29, 1.82) is 0 Å². The van der Waals surface area contributed by atoms with Crippen LogP contribution in [0.3, 0.4) is 0 Å². The van der Waals surface area contributed by atoms with Gasteiger partial charge in [0, 0.05) is 32.2 Å². The number of rotatable bonds is 5. The fraction of sp³-hybridized carbons (Fsp3) is 0.722. The monoisotopic (exact) mass is 320 g/mol. The lowest BCUT2D eigenvalue weighted by atomic mass is 10.0. The highest BCUT2D eigenvalue weighted by Crippen LogP contribution is 2.32. The Bertz CT molecular complexity index is 536. The summed E-state index contributed by atoms with van der Waals surface area (Å²) in [5, 5.41) is 9.10. The zero-order valence-corrected chi connectivity index (χ0v) is 14.2. The van der Waals surface area contributed by atoms with Crippen molar-refractivity contribution in [2.75, 3.05) is 26.2 Å². The molecule has 2 fully saturated rings. The summed E-state index contributed by atoms with van der Waals surface area (Å²) in [5.74, 6) is 2.12. The van der Waals surface area contributed by atoms with Gasteiger partial charge in [-0.25, -0.2) is 0 Å². The van der Waals surface area contributed by atoms with E-state index in [1.807, 2.05) is 4.90 Å². The van der Waals surface area contributed by atoms with Crippen LogP contribution >= 0.6 is 0 Å². The van der Waals surface area contributed by atoms with Crippen LogP contribution in [0.1, 0.15) is 49.4 Å². The van der Waals surface area contributed by atoms with Crippen molar-refractivity contribution in [2.45, 2.75) is 45.8 Å². The molecule has 1 aliphatic heterocycles. The van der Waals surface area contributed by atoms with Gasteiger partial charge in [-0.05, 0) is 43.2 Å². The van der Waals surface area contributed by atoms with Crippen molar-refractivity contribution in [3.63, 3.8) is 0 Å². The lowest BCUT2D eigenvalue weighted by Gasteiger charge is -2.34. The zero-order valence-electron chi connectivity index (χ0n) is 14.2. The van der Waals surface area contributed by atoms with Crippen molar-refractivity contribution in [1.82, 2.24) is 9.80 Å². The number of carbonyl (C=O) groups is 1. The Morgan fingerprint density at radius 3 is 2.74 bits per heavy atom. The number of aliphatic hydroxyl groups is 1. The van der Waals surface area contributed by atoms with Gasteiger partial charge in [0.05, 0.1) is 0 Å². The highest BCUT2D eigenvalue weighted by molar-refractivity contribution is 5.91. The first-order valence-electron chi connectivity index (χ1n) is 8.81. The Morgan fingerprint density at radius 2 is 2.13 bits per heavy atom. The number of furan rings is 1. The molecule has 1 saturated heterocycles. The maximum absolute atomic E-state index is 12.7. The first-order valence-corrected chi connectivity index (χ1v) is 8.81. The van der Waals surface area contributed by atoms with E-state index < -0.39 is 0 Å². The maximum atomic E-state index is 12.7. The molecule has 128 valence electrons. The first kappa shape index (κ1) is 16.5. The minimum absolute atomic E-state index is 0.0522. The molecule has 5 heteroatoms. The van der Waals surface area contributed by atoms with E-state index >= 15 is 0 Å². The minimum Gasteiger partial charge on any atom is -0.453 e. The molecule has 1 atom stereocenters. The van der Waals surface area contributed by atoms with Gasteiger partial charge in [0.1, 0.15) is 12.4 Å². The molecule has 0 spiro atoms. The van der Waals surface area contributed by atoms with E-state index in [4.69, 9.17) is 9.52 Å². The van der Waals surface area contributed by atoms with Crippen LogP contribution in [0.15, 0.2) is 16.5 Å². The third-order valence-corrected chi connectivity index (χ3v) is 5.02. The van der Waals surface area contributed by atoms with Gasteiger partial charge in [0.15, 0.2) is 5.76 Å². The Balaban J connectivity index is 1.70. The Morgan fingerprint density at radius 1 is 1.35 bits per heavy atom. The largest absolute Gasteiger partial charge is 0.453 e. The van der Waals surface area contributed by atoms with E-state index in [9.17, 15) is 4.79 Å². The molecule has 1 N–H and O–H groups in total. The normalized spacial score (nSPS) is 23.3. The van der Waals surface area contributed by atoms with Crippen molar-refractivity contribution < 1.29 is 14.3 Å². The molecule has 0 aromatic carbocycles. The van der Waals surface area contributed by atoms with E-state index in [0.717, 1.165) is 32.0 Å². The number of amides is 1. The van der Waals surface area contributed by atoms with Crippen LogP contribution < -0.4 is 0 Å². The van der Waals surface area contributed by atoms with E-state index in [0.29, 0.717) is 23.5 Å². The lowest BCUT2D eigenvalue weighted by Crippen LogP contribution is -2.46. The molecule has 1 aromatic heterocycles. The highest BCUT2D eigenvalue weighted by Gasteiger charge is 2.34. The molecule has 2 aliphatic rings. The molecule has 1 amide bonds. The smallest absolute Gasteiger partial charge is 0.289 e. The van der Waals surface area contributed by atoms with Crippen molar-refractivity contribution in [3.8, 4) is 0 Å². The third kappa shape index (κ3) is 3.96. The van der Waals surface area contributed by atoms with Gasteiger partial charge in [-0.2, -0.15) is 0 Å². The molecule has 2 heterocycles. The fourth-order valence-corrected chi connectivity index (χ4v) is 3.47. The molecule has 0 bridgehead atoms. The van der Waals surface area contributed by atoms with Crippen LogP contribution in [-0.4, -0.2) is 53.0 Å². The molecular formula is C18H28N2O3. The van der Waals surface area contributed by atoms with E-state index in [-0.39, 0.29) is 12.5 Å². The molecule has 1 aromatic rings. The Kier molecular flexibility index (Phi) is 5.07. The molecule has 23 heavy (non-hydrogen) atoms. The van der Waals surface area contributed by atoms with Crippen molar-refractivity contribution in [3.05, 3.63) is 23.7 Å². The SMILES string of the molecule is CC(C)[C@@H]1CN(C(=O)c2ccc(CO)o2)CCCN1CC1CC1. The summed E-state index contributed by atoms with van der Waals surface area (Å²) in [6.07, 6.45) is 3.73. The number of nitrogens with zero attached hydrogens (tertiary/aromatic N) is 2. The van der Waals surface area contributed by atoms with Gasteiger partial charge in [-0.15, -0.1) is 0 Å². The Hall–Kier alpha value is -1.33. The molecule has 0 unspecified atom stereocenters. The predicted molar refractivity (Wildman–Crippen MR) is 88.1 cm³/mol. The Labute approximate surface area is 138 Å². The summed E-state index contributed by atoms with van der Waals surface area (Å²) in [6.45, 7) is 8.11. The molecule has 0 radical (unpaired) electrons. The summed E-state index contributed by atoms with van der Waals surface area (Å²) in [7, 11) is 0. The standard InChI is InChI=1S/C18H28N2O3/c1-13(2)16-11-20(9-3-8-19(16)10-14-4-5-14)18(22)17-7-6-15(12-21)23-17/h6-7,13-14,16,21H,3-5,8-12H2,1-2H3/t16-/m0/s1. The second-order valence-corrected chi connectivity index (χ2v) is 7.28. The summed E-state index contributed by atoms with van der Waals surface area (Å²) in [6, 6.07) is 3.75. The van der Waals surface area contributed by atoms with Crippen LogP contribution in [0, 0.1) is 11.8 Å². The quantitative estimate of drug-likeness (QED) is 0.905. The zero-order chi connectivity index (χ0) is 16.4. The average molecular weight is 320 g/mol. The van der Waals surface area contributed by atoms with E-state index in [2.05, 4.69) is 18.7 Å². The average Bonchev–Trinajstić information content (AvgIpc) is 3.26. The minimum atomic E-state index is -0.170. The van der Waals surface area contributed by atoms with Crippen LogP contribution in [0.25, 0.3) is 0 Å². The van der Waals surface area contributed by atoms with Crippen molar-refractivity contribution >= 4 is 5.91 Å². The van der Waals surface area contributed by atoms with Gasteiger partial charge >= 0.3 is 0 Å². The van der Waals surface area contributed by atoms with Gasteiger partial charge < -0.3 is 14.4 Å². The van der Waals surface area contributed by atoms with E-state index in [1.54, 1.807) is 12.1 Å². The molecular weight excluding hydrogens is 292 g/mol. The van der Waals surface area contributed by atoms with Gasteiger partial charge in [0.25, 0.3) is 5.91 Å². The van der Waals surface area contributed by atoms with Crippen LogP contribution in [0.4, 0.5) is 0 Å². The topological polar surface area (TPSA) is 56.9 Å². The first-order chi connectivity index (χ1) is 11.1. The third-order valence-electron chi connectivity index (χ3n) is 5.02. The van der Waals surface area contributed by atoms with Gasteiger partial charge in [-0.3, -0.25) is 9.69 Å². The molecule has 3 rings (SSSR count). The predicted octanol–water partition coefficient (Wildman–Crippen LogP) is 2.35. The summed E-state index contributed by atoms with van der Waals surface area (Å²) >= 11 is 0. The maximum Gasteiger partial charge on any atom is 0.289 e. The fourth-order valence-electron chi connectivity index (χ4n) is 3.47. The van der Waals surface area contributed by atoms with Crippen LogP contribution in [0.2, 0.25) is 0 Å². The number of carbonyl (C=O) groups excluding carboxylic acids is 1. The molecule has 1 saturated carbocycles. The summed E-state index contributed by atoms with van der Waals surface area (Å²) in [5.41, 5.74) is 0. The lowest BCUT2D eigenvalue weighted by molar-refractivity contribution is 0.0669. The van der Waals surface area contributed by atoms with Crippen molar-refractivity contribution in [2.24, 2.45) is 11.8 Å². The van der Waals surface area contributed by atoms with Gasteiger partial charge in [0.2, 0.25) is 0 Å². The summed E-state index contributed by atoms with van der Waals surface area (Å²) in [4.78, 5) is 17.2. The molecule has 1 aliphatic carbocycles. The van der Waals surface area contributed by atoms with Crippen LogP contribution in [-0.2, 0) is 6.61 Å². The second-order valence-electron chi connectivity index (χ2n) is 7.28. The number of aliphatic hydroxyl groups excluding tert-OH is 1. The van der Waals surface area contributed by atoms with Crippen LogP contribution in [0.5, 0.6) is 0 Å². The molecule has 5 nitrogen and oxygen atoms in total. The number of hydrogen-bond donors (Lipinski definition) is 1. The van der Waals surface area contributed by atoms with E-state index in [1.165, 1.54) is 19.4 Å². The highest BCUT2D eigenvalue weighted by atomic mass is 16.4. The van der Waals surface area contributed by atoms with Gasteiger partial charge in [-0.1, -0.05) is 13.8 Å². The number of hydrogen-bond acceptors (Lipinski definition) is 4. The second kappa shape index (κ2) is 7.05.